The predicted octanol–water partition coefficient (Wildman–Crippen LogP) is 1.92. The number of fused-ring (bicyclic) bond motifs is 1. The Kier molecular flexibility index (Phi) is 2.60. The number of hydrogen-bond donors (Lipinski definition) is 2. The Balaban J connectivity index is 2.25. The van der Waals surface area contributed by atoms with Crippen LogP contribution in [0.25, 0.3) is 17.1 Å². The number of benzene rings is 1. The van der Waals surface area contributed by atoms with Gasteiger partial charge in [-0.05, 0) is 30.7 Å². The van der Waals surface area contributed by atoms with Gasteiger partial charge >= 0.3 is 0 Å². The van der Waals surface area contributed by atoms with E-state index in [1.165, 1.54) is 5.56 Å². The third-order valence-electron chi connectivity index (χ3n) is 2.09. The van der Waals surface area contributed by atoms with Crippen molar-refractivity contribution < 1.29 is 0 Å². The largest absolute Gasteiger partial charge is 0.345 e. The Morgan fingerprint density at radius 1 is 1.43 bits per heavy atom. The molecule has 0 spiro atoms. The van der Waals surface area contributed by atoms with Crippen molar-refractivity contribution in [1.29, 1.82) is 0 Å². The molecule has 0 unspecified atom stereocenters. The van der Waals surface area contributed by atoms with E-state index in [2.05, 4.69) is 34.3 Å². The molecule has 2 aromatic rings. The number of aromatic amines is 1. The summed E-state index contributed by atoms with van der Waals surface area (Å²) in [6, 6.07) is 6.14. The number of imidazole rings is 1. The van der Waals surface area contributed by atoms with E-state index in [4.69, 9.17) is 5.73 Å². The predicted molar refractivity (Wildman–Crippen MR) is 58.8 cm³/mol. The second kappa shape index (κ2) is 4.07. The second-order valence-corrected chi connectivity index (χ2v) is 3.16. The second-order valence-electron chi connectivity index (χ2n) is 3.16. The molecule has 3 N–H and O–H groups in total. The van der Waals surface area contributed by atoms with Gasteiger partial charge in [0.1, 0.15) is 0 Å². The number of nitrogens with one attached hydrogen (secondary N) is 1. The van der Waals surface area contributed by atoms with Gasteiger partial charge in [0.05, 0.1) is 17.4 Å². The highest BCUT2D eigenvalue weighted by Crippen LogP contribution is 2.12. The first kappa shape index (κ1) is 8.97. The summed E-state index contributed by atoms with van der Waals surface area (Å²) in [6.07, 6.45) is 6.78. The lowest BCUT2D eigenvalue weighted by Crippen LogP contribution is -1.94. The smallest absolute Gasteiger partial charge is 0.0931 e. The lowest BCUT2D eigenvalue weighted by atomic mass is 10.2. The fourth-order valence-electron chi connectivity index (χ4n) is 1.37. The lowest BCUT2D eigenvalue weighted by Gasteiger charge is -1.93. The molecule has 0 bridgehead atoms. The average Bonchev–Trinajstić information content (AvgIpc) is 2.65. The van der Waals surface area contributed by atoms with Gasteiger partial charge in [0.15, 0.2) is 0 Å². The van der Waals surface area contributed by atoms with Crippen LogP contribution < -0.4 is 5.73 Å². The van der Waals surface area contributed by atoms with E-state index in [1.807, 2.05) is 6.07 Å². The fourth-order valence-corrected chi connectivity index (χ4v) is 1.37. The number of aromatic nitrogens is 2. The van der Waals surface area contributed by atoms with E-state index in [9.17, 15) is 0 Å². The molecule has 0 radical (unpaired) electrons. The molecule has 0 fully saturated rings. The number of rotatable bonds is 3. The van der Waals surface area contributed by atoms with E-state index in [0.29, 0.717) is 6.54 Å². The van der Waals surface area contributed by atoms with Crippen molar-refractivity contribution in [1.82, 2.24) is 9.97 Å². The van der Waals surface area contributed by atoms with Crippen LogP contribution in [0, 0.1) is 0 Å². The quantitative estimate of drug-likeness (QED) is 0.771. The summed E-state index contributed by atoms with van der Waals surface area (Å²) in [5, 5.41) is 0. The third kappa shape index (κ3) is 1.83. The van der Waals surface area contributed by atoms with Crippen LogP contribution in [-0.4, -0.2) is 16.5 Å². The molecule has 0 aliphatic carbocycles. The summed E-state index contributed by atoms with van der Waals surface area (Å²) < 4.78 is 0. The molecular formula is C11H13N3. The summed E-state index contributed by atoms with van der Waals surface area (Å²) in [5.41, 5.74) is 8.65. The SMILES string of the molecule is NCCC=Cc1ccc2nc[nH]c2c1. The van der Waals surface area contributed by atoms with Crippen molar-refractivity contribution in [2.24, 2.45) is 5.73 Å². The van der Waals surface area contributed by atoms with Gasteiger partial charge < -0.3 is 10.7 Å². The molecule has 14 heavy (non-hydrogen) atoms. The molecule has 0 atom stereocenters. The van der Waals surface area contributed by atoms with Crippen molar-refractivity contribution >= 4 is 17.1 Å². The lowest BCUT2D eigenvalue weighted by molar-refractivity contribution is 1.01. The van der Waals surface area contributed by atoms with Crippen molar-refractivity contribution in [3.05, 3.63) is 36.2 Å². The third-order valence-corrected chi connectivity index (χ3v) is 2.09. The molecule has 3 heteroatoms. The van der Waals surface area contributed by atoms with Crippen LogP contribution in [0.1, 0.15) is 12.0 Å². The van der Waals surface area contributed by atoms with Gasteiger partial charge in [-0.25, -0.2) is 4.98 Å². The van der Waals surface area contributed by atoms with Gasteiger partial charge in [0, 0.05) is 0 Å². The minimum Gasteiger partial charge on any atom is -0.345 e. The molecule has 0 aliphatic rings. The Bertz CT molecular complexity index is 442. The highest BCUT2D eigenvalue weighted by atomic mass is 14.9. The maximum atomic E-state index is 5.40. The van der Waals surface area contributed by atoms with E-state index < -0.39 is 0 Å². The Labute approximate surface area is 82.7 Å². The van der Waals surface area contributed by atoms with Crippen LogP contribution in [0.3, 0.4) is 0 Å². The topological polar surface area (TPSA) is 54.7 Å². The zero-order valence-corrected chi connectivity index (χ0v) is 7.90. The molecule has 1 aromatic carbocycles. The minimum atomic E-state index is 0.697. The van der Waals surface area contributed by atoms with Crippen LogP contribution in [0.15, 0.2) is 30.6 Å². The fraction of sp³-hybridized carbons (Fsp3) is 0.182. The van der Waals surface area contributed by atoms with Crippen LogP contribution in [0.2, 0.25) is 0 Å². The van der Waals surface area contributed by atoms with Crippen molar-refractivity contribution in [2.75, 3.05) is 6.54 Å². The van der Waals surface area contributed by atoms with Crippen molar-refractivity contribution in [3.8, 4) is 0 Å². The highest BCUT2D eigenvalue weighted by Gasteiger charge is 1.94. The van der Waals surface area contributed by atoms with Crippen LogP contribution in [0.5, 0.6) is 0 Å². The average molecular weight is 187 g/mol. The Hall–Kier alpha value is -1.61. The van der Waals surface area contributed by atoms with Crippen LogP contribution >= 0.6 is 0 Å². The molecule has 1 aromatic heterocycles. The summed E-state index contributed by atoms with van der Waals surface area (Å²) in [5.74, 6) is 0. The van der Waals surface area contributed by atoms with Crippen molar-refractivity contribution in [3.63, 3.8) is 0 Å². The van der Waals surface area contributed by atoms with Gasteiger partial charge in [0.25, 0.3) is 0 Å². The monoisotopic (exact) mass is 187 g/mol. The summed E-state index contributed by atoms with van der Waals surface area (Å²) >= 11 is 0. The summed E-state index contributed by atoms with van der Waals surface area (Å²) in [6.45, 7) is 0.697. The Morgan fingerprint density at radius 3 is 3.21 bits per heavy atom. The van der Waals surface area contributed by atoms with Gasteiger partial charge in [-0.1, -0.05) is 18.2 Å². The minimum absolute atomic E-state index is 0.697. The molecular weight excluding hydrogens is 174 g/mol. The van der Waals surface area contributed by atoms with E-state index in [0.717, 1.165) is 17.5 Å². The number of hydrogen-bond acceptors (Lipinski definition) is 2. The molecule has 2 rings (SSSR count). The number of nitrogens with zero attached hydrogens (tertiary/aromatic N) is 1. The van der Waals surface area contributed by atoms with Crippen LogP contribution in [-0.2, 0) is 0 Å². The molecule has 0 amide bonds. The first-order valence-electron chi connectivity index (χ1n) is 4.70. The van der Waals surface area contributed by atoms with Crippen molar-refractivity contribution in [2.45, 2.75) is 6.42 Å². The first-order chi connectivity index (χ1) is 6.90. The van der Waals surface area contributed by atoms with E-state index in [1.54, 1.807) is 6.33 Å². The molecule has 3 nitrogen and oxygen atoms in total. The standard InChI is InChI=1S/C11H13N3/c12-6-2-1-3-9-4-5-10-11(7-9)14-8-13-10/h1,3-5,7-8H,2,6,12H2,(H,13,14). The van der Waals surface area contributed by atoms with Gasteiger partial charge in [-0.15, -0.1) is 0 Å². The zero-order chi connectivity index (χ0) is 9.80. The molecule has 0 saturated carbocycles. The maximum absolute atomic E-state index is 5.40. The molecule has 0 aliphatic heterocycles. The summed E-state index contributed by atoms with van der Waals surface area (Å²) in [7, 11) is 0. The molecule has 0 saturated heterocycles. The molecule has 72 valence electrons. The maximum Gasteiger partial charge on any atom is 0.0931 e. The normalized spacial score (nSPS) is 11.5. The zero-order valence-electron chi connectivity index (χ0n) is 7.90. The van der Waals surface area contributed by atoms with E-state index >= 15 is 0 Å². The summed E-state index contributed by atoms with van der Waals surface area (Å²) in [4.78, 5) is 7.24. The van der Waals surface area contributed by atoms with Gasteiger partial charge in [0.2, 0.25) is 0 Å². The van der Waals surface area contributed by atoms with Gasteiger partial charge in [-0.3, -0.25) is 0 Å². The highest BCUT2D eigenvalue weighted by molar-refractivity contribution is 5.77. The first-order valence-corrected chi connectivity index (χ1v) is 4.70. The number of nitrogens with two attached hydrogens (primary N) is 1. The number of H-pyrrole nitrogens is 1. The molecule has 1 heterocycles. The Morgan fingerprint density at radius 2 is 2.36 bits per heavy atom. The van der Waals surface area contributed by atoms with E-state index in [-0.39, 0.29) is 0 Å². The van der Waals surface area contributed by atoms with Crippen LogP contribution in [0.4, 0.5) is 0 Å². The van der Waals surface area contributed by atoms with Gasteiger partial charge in [-0.2, -0.15) is 0 Å².